The summed E-state index contributed by atoms with van der Waals surface area (Å²) in [5.41, 5.74) is 4.80. The van der Waals surface area contributed by atoms with Gasteiger partial charge in [-0.05, 0) is 53.2 Å². The number of fused-ring (bicyclic) bond motifs is 4. The van der Waals surface area contributed by atoms with Gasteiger partial charge in [0, 0.05) is 36.2 Å². The summed E-state index contributed by atoms with van der Waals surface area (Å²) in [5.74, 6) is -4.97. The molecule has 0 aliphatic heterocycles. The third kappa shape index (κ3) is 7.90. The van der Waals surface area contributed by atoms with Crippen molar-refractivity contribution in [3.63, 3.8) is 0 Å². The van der Waals surface area contributed by atoms with Crippen molar-refractivity contribution in [2.45, 2.75) is 83.0 Å². The lowest BCUT2D eigenvalue weighted by Crippen LogP contribution is -2.68. The molecule has 1 saturated carbocycles. The van der Waals surface area contributed by atoms with Crippen molar-refractivity contribution in [2.24, 2.45) is 11.8 Å². The molecule has 0 spiro atoms. The molecule has 0 amide bonds. The Bertz CT molecular complexity index is 2360. The van der Waals surface area contributed by atoms with E-state index in [-0.39, 0.29) is 84.5 Å². The first-order valence-corrected chi connectivity index (χ1v) is 23.0. The number of benzene rings is 3. The largest absolute Gasteiger partial charge is 0.573 e. The zero-order chi connectivity index (χ0) is 44.1. The van der Waals surface area contributed by atoms with E-state index in [4.69, 9.17) is 24.2 Å². The van der Waals surface area contributed by atoms with Gasteiger partial charge in [-0.15, -0.1) is 26.3 Å². The molecule has 3 N–H and O–H groups in total. The van der Waals surface area contributed by atoms with E-state index < -0.39 is 66.3 Å². The molecule has 322 valence electrons. The average Bonchev–Trinajstić information content (AvgIpc) is 3.61. The van der Waals surface area contributed by atoms with Crippen LogP contribution < -0.4 is 19.9 Å². The summed E-state index contributed by atoms with van der Waals surface area (Å²) in [4.78, 5) is 33.6. The molecule has 4 atom stereocenters. The number of ketones is 2. The fraction of sp³-hybridized carbons (Fsp3) is 0.370. The summed E-state index contributed by atoms with van der Waals surface area (Å²) in [7, 11) is -3.13. The number of hydrogen-bond acceptors (Lipinski definition) is 11. The minimum atomic E-state index is -5.12. The number of nitrogens with two attached hydrogens (primary N) is 1. The molecule has 15 heteroatoms. The van der Waals surface area contributed by atoms with Crippen molar-refractivity contribution in [1.82, 2.24) is 10.1 Å². The van der Waals surface area contributed by atoms with Gasteiger partial charge in [0.15, 0.2) is 25.4 Å². The van der Waals surface area contributed by atoms with Gasteiger partial charge in [0.25, 0.3) is 5.88 Å². The summed E-state index contributed by atoms with van der Waals surface area (Å²) in [5, 5.41) is 16.2. The number of carbonyl (C=O) groups excluding carboxylic acids is 2. The van der Waals surface area contributed by atoms with Crippen LogP contribution in [0.4, 0.5) is 18.9 Å². The van der Waals surface area contributed by atoms with Gasteiger partial charge in [-0.25, -0.2) is 0 Å². The Morgan fingerprint density at radius 1 is 0.951 bits per heavy atom. The van der Waals surface area contributed by atoms with E-state index in [0.29, 0.717) is 5.56 Å². The lowest BCUT2D eigenvalue weighted by Gasteiger charge is -2.55. The maximum Gasteiger partial charge on any atom is 0.573 e. The average molecular weight is 858 g/mol. The van der Waals surface area contributed by atoms with Gasteiger partial charge in [-0.1, -0.05) is 93.6 Å². The number of aliphatic hydroxyl groups is 1. The van der Waals surface area contributed by atoms with Gasteiger partial charge in [-0.3, -0.25) is 14.5 Å². The molecular weight excluding hydrogens is 808 g/mol. The van der Waals surface area contributed by atoms with Gasteiger partial charge in [-0.2, -0.15) is 0 Å². The maximum atomic E-state index is 16.0. The molecule has 0 saturated heterocycles. The number of rotatable bonds is 14. The first-order chi connectivity index (χ1) is 28.8. The highest BCUT2D eigenvalue weighted by Gasteiger charge is 2.69. The first-order valence-electron chi connectivity index (χ1n) is 20.1. The van der Waals surface area contributed by atoms with Crippen molar-refractivity contribution in [1.29, 1.82) is 0 Å². The van der Waals surface area contributed by atoms with E-state index in [2.05, 4.69) is 23.1 Å². The maximum absolute atomic E-state index is 16.0. The predicted octanol–water partition coefficient (Wildman–Crippen LogP) is 9.72. The number of halogens is 3. The van der Waals surface area contributed by atoms with Gasteiger partial charge in [0.2, 0.25) is 11.6 Å². The standard InChI is InChI=1S/C46H50F3N3O8Si/c1-8-20-52(21-9-2)37-31-23-29-22-30-33(58-46(47,48)49)24-32(50)39(56-25-27-16-12-10-13-17-27)35(30)38(53)34(29)41(54)45(31,60-61(6,7)44(3,4)5)42(55)36-40(37)59-51-43(36)57-26-28-18-14-11-15-19-28/h8-19,24,29,31,37,53H,1-2,20-23,25-26,50H2,3-7H3/t29-,31-,37-,45-/m0/s1. The molecule has 1 fully saturated rings. The van der Waals surface area contributed by atoms with Crippen LogP contribution in [-0.2, 0) is 28.9 Å². The summed E-state index contributed by atoms with van der Waals surface area (Å²) in [6, 6.07) is 18.3. The van der Waals surface area contributed by atoms with Crippen molar-refractivity contribution < 1.29 is 51.0 Å². The lowest BCUT2D eigenvalue weighted by atomic mass is 9.57. The highest BCUT2D eigenvalue weighted by atomic mass is 28.4. The van der Waals surface area contributed by atoms with Crippen LogP contribution >= 0.6 is 0 Å². The predicted molar refractivity (Wildman–Crippen MR) is 225 cm³/mol. The summed E-state index contributed by atoms with van der Waals surface area (Å²) >= 11 is 0. The molecule has 11 nitrogen and oxygen atoms in total. The van der Waals surface area contributed by atoms with Crippen LogP contribution in [0.25, 0.3) is 5.76 Å². The summed E-state index contributed by atoms with van der Waals surface area (Å²) in [6.45, 7) is 18.1. The summed E-state index contributed by atoms with van der Waals surface area (Å²) < 4.78 is 72.3. The van der Waals surface area contributed by atoms with E-state index in [0.717, 1.165) is 11.6 Å². The number of aromatic nitrogens is 1. The molecule has 4 aromatic rings. The molecule has 3 aromatic carbocycles. The SMILES string of the molecule is C=CCN(CC=C)[C@@H]1c2onc(OCc3ccccc3)c2C(=O)[C@@]2(O[Si](C)(C)C(C)(C)C)C(=O)C3=C(O)c4c(c(OC(F)(F)F)cc(N)c4OCc4ccccc4)C[C@H]3C[C@@H]12. The quantitative estimate of drug-likeness (QED) is 0.0541. The Morgan fingerprint density at radius 2 is 1.54 bits per heavy atom. The highest BCUT2D eigenvalue weighted by Crippen LogP contribution is 2.60. The summed E-state index contributed by atoms with van der Waals surface area (Å²) in [6.07, 6.45) is -2.02. The molecular formula is C46H50F3N3O8Si. The molecule has 1 heterocycles. The number of carbonyl (C=O) groups is 2. The second-order valence-corrected chi connectivity index (χ2v) is 21.9. The van der Waals surface area contributed by atoms with E-state index in [9.17, 15) is 18.3 Å². The molecule has 1 aromatic heterocycles. The number of anilines is 1. The van der Waals surface area contributed by atoms with Gasteiger partial charge in [0.1, 0.15) is 30.3 Å². The first kappa shape index (κ1) is 43.4. The van der Waals surface area contributed by atoms with Crippen molar-refractivity contribution in [3.05, 3.63) is 131 Å². The van der Waals surface area contributed by atoms with E-state index >= 15 is 9.59 Å². The number of ether oxygens (including phenoxy) is 3. The van der Waals surface area contributed by atoms with Gasteiger partial charge in [0.05, 0.1) is 17.3 Å². The minimum absolute atomic E-state index is 0.0171. The van der Waals surface area contributed by atoms with Crippen molar-refractivity contribution in [3.8, 4) is 17.4 Å². The topological polar surface area (TPSA) is 147 Å². The van der Waals surface area contributed by atoms with E-state index in [1.807, 2.05) is 75.2 Å². The lowest BCUT2D eigenvalue weighted by molar-refractivity contribution is -0.275. The Kier molecular flexibility index (Phi) is 11.6. The zero-order valence-electron chi connectivity index (χ0n) is 34.8. The molecule has 7 rings (SSSR count). The molecule has 0 bridgehead atoms. The van der Waals surface area contributed by atoms with Crippen LogP contribution in [0.2, 0.25) is 18.1 Å². The minimum Gasteiger partial charge on any atom is -0.507 e. The van der Waals surface area contributed by atoms with Crippen molar-refractivity contribution >= 4 is 31.3 Å². The number of hydrogen-bond donors (Lipinski definition) is 2. The van der Waals surface area contributed by atoms with Crippen LogP contribution in [0.3, 0.4) is 0 Å². The Morgan fingerprint density at radius 3 is 2.10 bits per heavy atom. The van der Waals surface area contributed by atoms with Crippen molar-refractivity contribution in [2.75, 3.05) is 18.8 Å². The fourth-order valence-electron chi connectivity index (χ4n) is 8.56. The highest BCUT2D eigenvalue weighted by molar-refractivity contribution is 6.74. The number of nitrogen functional groups attached to an aromatic ring is 1. The van der Waals surface area contributed by atoms with Gasteiger partial charge >= 0.3 is 6.36 Å². The van der Waals surface area contributed by atoms with Crippen LogP contribution in [0.5, 0.6) is 17.4 Å². The van der Waals surface area contributed by atoms with Crippen LogP contribution in [-0.4, -0.2) is 60.1 Å². The van der Waals surface area contributed by atoms with Crippen LogP contribution in [0.1, 0.15) is 71.6 Å². The van der Waals surface area contributed by atoms with E-state index in [1.54, 1.807) is 36.4 Å². The smallest absolute Gasteiger partial charge is 0.507 e. The normalized spacial score (nSPS) is 21.3. The second-order valence-electron chi connectivity index (χ2n) is 17.2. The molecule has 0 radical (unpaired) electrons. The fourth-order valence-corrected chi connectivity index (χ4v) is 10.0. The van der Waals surface area contributed by atoms with E-state index in [1.165, 1.54) is 0 Å². The Labute approximate surface area is 353 Å². The van der Waals surface area contributed by atoms with Crippen LogP contribution in [0, 0.1) is 11.8 Å². The third-order valence-electron chi connectivity index (χ3n) is 12.3. The number of Topliss-reactive ketones (excluding diaryl/α,β-unsaturated/α-hetero) is 2. The molecule has 3 aliphatic carbocycles. The third-order valence-corrected chi connectivity index (χ3v) is 16.7. The molecule has 0 unspecified atom stereocenters. The Hall–Kier alpha value is -5.64. The Balaban J connectivity index is 1.47. The van der Waals surface area contributed by atoms with Crippen LogP contribution in [0.15, 0.2) is 102 Å². The monoisotopic (exact) mass is 857 g/mol. The number of alkyl halides is 3. The number of nitrogens with zero attached hydrogens (tertiary/aromatic N) is 2. The second kappa shape index (κ2) is 16.3. The van der Waals surface area contributed by atoms with Gasteiger partial charge < -0.3 is 34.0 Å². The zero-order valence-corrected chi connectivity index (χ0v) is 35.8. The number of aliphatic hydroxyl groups excluding tert-OH is 1. The molecule has 3 aliphatic rings. The molecule has 61 heavy (non-hydrogen) atoms.